The number of ether oxygens (including phenoxy) is 1. The topological polar surface area (TPSA) is 74.8 Å². The number of para-hydroxylation sites is 1. The van der Waals surface area contributed by atoms with Crippen LogP contribution in [-0.2, 0) is 6.54 Å². The lowest BCUT2D eigenvalue weighted by Crippen LogP contribution is -2.48. The summed E-state index contributed by atoms with van der Waals surface area (Å²) < 4.78 is 5.87. The average Bonchev–Trinajstić information content (AvgIpc) is 2.93. The fourth-order valence-electron chi connectivity index (χ4n) is 3.88. The van der Waals surface area contributed by atoms with E-state index < -0.39 is 5.54 Å². The third-order valence-corrected chi connectivity index (χ3v) is 5.31. The van der Waals surface area contributed by atoms with Crippen molar-refractivity contribution in [3.05, 3.63) is 64.4 Å². The van der Waals surface area contributed by atoms with Crippen LogP contribution in [0.5, 0.6) is 5.75 Å². The molecule has 6 heteroatoms. The number of allylic oxidation sites excluding steroid dienone is 2. The number of hydrogen-bond acceptors (Lipinski definition) is 5. The van der Waals surface area contributed by atoms with Gasteiger partial charge in [0.15, 0.2) is 0 Å². The Morgan fingerprint density at radius 2 is 2.21 bits per heavy atom. The number of amides is 1. The van der Waals surface area contributed by atoms with Crippen LogP contribution >= 0.6 is 0 Å². The molecule has 28 heavy (non-hydrogen) atoms. The van der Waals surface area contributed by atoms with Crippen molar-refractivity contribution in [2.24, 2.45) is 4.99 Å². The molecule has 3 N–H and O–H groups in total. The second-order valence-electron chi connectivity index (χ2n) is 7.83. The molecular formula is C22H26N4O2. The molecule has 1 amide bonds. The number of nitrogens with zero attached hydrogens (tertiary/aromatic N) is 1. The van der Waals surface area contributed by atoms with Crippen molar-refractivity contribution in [3.63, 3.8) is 0 Å². The van der Waals surface area contributed by atoms with Crippen molar-refractivity contribution in [2.75, 3.05) is 13.2 Å². The first kappa shape index (κ1) is 18.5. The van der Waals surface area contributed by atoms with Crippen LogP contribution in [0.1, 0.15) is 36.7 Å². The van der Waals surface area contributed by atoms with Crippen molar-refractivity contribution in [2.45, 2.75) is 38.9 Å². The monoisotopic (exact) mass is 378 g/mol. The number of rotatable bonds is 3. The van der Waals surface area contributed by atoms with Gasteiger partial charge in [0.05, 0.1) is 29.2 Å². The summed E-state index contributed by atoms with van der Waals surface area (Å²) >= 11 is 0. The van der Waals surface area contributed by atoms with Gasteiger partial charge in [0.2, 0.25) is 0 Å². The normalized spacial score (nSPS) is 21.0. The number of fused-ring (bicyclic) bond motifs is 2. The van der Waals surface area contributed by atoms with Crippen LogP contribution in [0.25, 0.3) is 0 Å². The maximum atomic E-state index is 13.2. The molecule has 2 aliphatic heterocycles. The van der Waals surface area contributed by atoms with Crippen molar-refractivity contribution in [3.8, 4) is 5.75 Å². The largest absolute Gasteiger partial charge is 0.491 e. The van der Waals surface area contributed by atoms with Crippen LogP contribution in [-0.4, -0.2) is 37.0 Å². The van der Waals surface area contributed by atoms with Gasteiger partial charge in [0.25, 0.3) is 5.91 Å². The van der Waals surface area contributed by atoms with E-state index in [1.807, 2.05) is 38.1 Å². The molecule has 1 atom stereocenters. The lowest BCUT2D eigenvalue weighted by atomic mass is 9.86. The zero-order valence-corrected chi connectivity index (χ0v) is 16.5. The molecule has 0 bridgehead atoms. The summed E-state index contributed by atoms with van der Waals surface area (Å²) in [7, 11) is 0. The summed E-state index contributed by atoms with van der Waals surface area (Å²) in [6, 6.07) is 5.80. The SMILES string of the molecule is CC1=CC=CC2=C(C(C)(C)NC(=O)c3cccc4c3OCCNC4)N=CNC12. The highest BCUT2D eigenvalue weighted by Gasteiger charge is 2.34. The number of carbonyl (C=O) groups excluding carboxylic acids is 1. The molecule has 1 aliphatic carbocycles. The molecule has 0 saturated carbocycles. The average molecular weight is 378 g/mol. The number of carbonyl (C=O) groups is 1. The maximum absolute atomic E-state index is 13.2. The fraction of sp³-hybridized carbons (Fsp3) is 0.364. The summed E-state index contributed by atoms with van der Waals surface area (Å²) in [5, 5.41) is 9.77. The summed E-state index contributed by atoms with van der Waals surface area (Å²) in [6.07, 6.45) is 7.90. The van der Waals surface area contributed by atoms with Gasteiger partial charge in [-0.2, -0.15) is 0 Å². The third-order valence-electron chi connectivity index (χ3n) is 5.31. The molecule has 146 valence electrons. The Labute approximate surface area is 165 Å². The molecule has 3 aliphatic rings. The van der Waals surface area contributed by atoms with E-state index in [1.54, 1.807) is 6.34 Å². The molecule has 1 aromatic carbocycles. The van der Waals surface area contributed by atoms with Gasteiger partial charge in [0.1, 0.15) is 12.4 Å². The van der Waals surface area contributed by atoms with Crippen LogP contribution in [0.2, 0.25) is 0 Å². The molecule has 0 aromatic heterocycles. The third kappa shape index (κ3) is 3.36. The summed E-state index contributed by atoms with van der Waals surface area (Å²) in [5.74, 6) is 0.510. The fourth-order valence-corrected chi connectivity index (χ4v) is 3.88. The molecular weight excluding hydrogens is 352 g/mol. The predicted octanol–water partition coefficient (Wildman–Crippen LogP) is 2.45. The van der Waals surface area contributed by atoms with E-state index in [2.05, 4.69) is 40.0 Å². The van der Waals surface area contributed by atoms with Crippen molar-refractivity contribution >= 4 is 12.2 Å². The van der Waals surface area contributed by atoms with Gasteiger partial charge in [-0.05, 0) is 32.4 Å². The molecule has 1 unspecified atom stereocenters. The lowest BCUT2D eigenvalue weighted by molar-refractivity contribution is 0.0919. The van der Waals surface area contributed by atoms with Crippen LogP contribution in [0.3, 0.4) is 0 Å². The molecule has 4 rings (SSSR count). The number of hydrogen-bond donors (Lipinski definition) is 3. The standard InChI is InChI=1S/C22H26N4O2/c1-14-6-4-8-16-18(14)24-13-25-20(16)22(2,3)26-21(27)17-9-5-7-15-12-23-10-11-28-19(15)17/h4-9,13,18,23H,10-12H2,1-3H3,(H,24,25)(H,26,27). The Morgan fingerprint density at radius 3 is 3.07 bits per heavy atom. The van der Waals surface area contributed by atoms with Crippen LogP contribution in [0, 0.1) is 0 Å². The Morgan fingerprint density at radius 1 is 1.36 bits per heavy atom. The highest BCUT2D eigenvalue weighted by atomic mass is 16.5. The quantitative estimate of drug-likeness (QED) is 0.755. The Kier molecular flexibility index (Phi) is 4.81. The zero-order chi connectivity index (χ0) is 19.7. The first-order chi connectivity index (χ1) is 13.5. The number of nitrogens with one attached hydrogen (secondary N) is 3. The molecule has 1 aromatic rings. The van der Waals surface area contributed by atoms with E-state index in [-0.39, 0.29) is 11.9 Å². The van der Waals surface area contributed by atoms with Gasteiger partial charge in [-0.25, -0.2) is 4.99 Å². The minimum atomic E-state index is -0.642. The summed E-state index contributed by atoms with van der Waals surface area (Å²) in [4.78, 5) is 17.8. The Balaban J connectivity index is 1.64. The van der Waals surface area contributed by atoms with E-state index in [0.29, 0.717) is 24.5 Å². The zero-order valence-electron chi connectivity index (χ0n) is 16.5. The van der Waals surface area contributed by atoms with Crippen molar-refractivity contribution < 1.29 is 9.53 Å². The molecule has 6 nitrogen and oxygen atoms in total. The molecule has 0 radical (unpaired) electrons. The number of benzene rings is 1. The number of aliphatic imine (C=N–C) groups is 1. The smallest absolute Gasteiger partial charge is 0.255 e. The minimum Gasteiger partial charge on any atom is -0.491 e. The van der Waals surface area contributed by atoms with E-state index >= 15 is 0 Å². The van der Waals surface area contributed by atoms with E-state index in [9.17, 15) is 4.79 Å². The van der Waals surface area contributed by atoms with Crippen LogP contribution in [0.15, 0.2) is 58.3 Å². The van der Waals surface area contributed by atoms with Crippen molar-refractivity contribution in [1.82, 2.24) is 16.0 Å². The first-order valence-electron chi connectivity index (χ1n) is 9.63. The molecule has 0 saturated heterocycles. The van der Waals surface area contributed by atoms with E-state index in [0.717, 1.165) is 23.4 Å². The van der Waals surface area contributed by atoms with Gasteiger partial charge < -0.3 is 20.7 Å². The highest BCUT2D eigenvalue weighted by Crippen LogP contribution is 2.32. The molecule has 2 heterocycles. The van der Waals surface area contributed by atoms with Crippen LogP contribution < -0.4 is 20.7 Å². The minimum absolute atomic E-state index is 0.0936. The van der Waals surface area contributed by atoms with Gasteiger partial charge in [-0.3, -0.25) is 4.79 Å². The highest BCUT2D eigenvalue weighted by molar-refractivity contribution is 5.98. The molecule has 0 spiro atoms. The summed E-state index contributed by atoms with van der Waals surface area (Å²) in [5.41, 5.74) is 4.08. The van der Waals surface area contributed by atoms with Gasteiger partial charge in [0, 0.05) is 24.2 Å². The van der Waals surface area contributed by atoms with Gasteiger partial charge in [-0.1, -0.05) is 30.4 Å². The lowest BCUT2D eigenvalue weighted by Gasteiger charge is -2.35. The van der Waals surface area contributed by atoms with E-state index in [1.165, 1.54) is 5.57 Å². The maximum Gasteiger partial charge on any atom is 0.255 e. The van der Waals surface area contributed by atoms with Crippen molar-refractivity contribution in [1.29, 1.82) is 0 Å². The second kappa shape index (κ2) is 7.28. The van der Waals surface area contributed by atoms with Gasteiger partial charge in [-0.15, -0.1) is 0 Å². The van der Waals surface area contributed by atoms with Gasteiger partial charge >= 0.3 is 0 Å². The second-order valence-corrected chi connectivity index (χ2v) is 7.83. The molecule has 0 fully saturated rings. The predicted molar refractivity (Wildman–Crippen MR) is 111 cm³/mol. The van der Waals surface area contributed by atoms with Crippen LogP contribution in [0.4, 0.5) is 0 Å². The summed E-state index contributed by atoms with van der Waals surface area (Å²) in [6.45, 7) is 8.07. The van der Waals surface area contributed by atoms with E-state index in [4.69, 9.17) is 4.74 Å². The Bertz CT molecular complexity index is 924. The Hall–Kier alpha value is -2.86. The first-order valence-corrected chi connectivity index (χ1v) is 9.63.